The minimum absolute atomic E-state index is 1.25. The van der Waals surface area contributed by atoms with Crippen molar-refractivity contribution >= 4 is 12.8 Å². The third kappa shape index (κ3) is 3.73. The van der Waals surface area contributed by atoms with Crippen molar-refractivity contribution in [3.8, 4) is 0 Å². The van der Waals surface area contributed by atoms with Gasteiger partial charge in [0.1, 0.15) is 6.79 Å². The summed E-state index contributed by atoms with van der Waals surface area (Å²) in [6, 6.07) is 1.25. The summed E-state index contributed by atoms with van der Waals surface area (Å²) in [4.78, 5) is 8.00. The molecule has 0 aliphatic heterocycles. The first-order valence-electron chi connectivity index (χ1n) is 0.789. The number of hydrogen-bond donors (Lipinski definition) is 2. The lowest BCUT2D eigenvalue weighted by Crippen LogP contribution is -1.11. The highest BCUT2D eigenvalue weighted by atomic mass is 16.1. The molecule has 0 unspecified atom stereocenters. The van der Waals surface area contributed by atoms with Crippen molar-refractivity contribution in [3.63, 3.8) is 0 Å². The Morgan fingerprint density at radius 2 is 1.40 bits per heavy atom. The van der Waals surface area contributed by atoms with E-state index in [1.807, 2.05) is 6.79 Å². The summed E-state index contributed by atoms with van der Waals surface area (Å²) in [7, 11) is 0. The number of carbonyl (C=O) groups is 1. The van der Waals surface area contributed by atoms with E-state index in [1.54, 1.807) is 0 Å². The van der Waals surface area contributed by atoms with E-state index >= 15 is 0 Å². The molecule has 28 valence electrons. The van der Waals surface area contributed by atoms with Gasteiger partial charge in [0.25, 0.3) is 0 Å². The highest BCUT2D eigenvalue weighted by Gasteiger charge is 0.934. The van der Waals surface area contributed by atoms with Crippen molar-refractivity contribution in [2.45, 2.75) is 0 Å². The van der Waals surface area contributed by atoms with Gasteiger partial charge >= 0.3 is 0 Å². The Hall–Kier alpha value is -0.950. The molecule has 0 bridgehead atoms. The Morgan fingerprint density at radius 1 is 1.40 bits per heavy atom. The van der Waals surface area contributed by atoms with Gasteiger partial charge in [-0.15, -0.1) is 0 Å². The zero-order valence-electron chi connectivity index (χ0n) is 2.62. The van der Waals surface area contributed by atoms with Gasteiger partial charge in [0.15, 0.2) is 0 Å². The highest BCUT2D eigenvalue weighted by Crippen LogP contribution is 0.920. The van der Waals surface area contributed by atoms with Crippen LogP contribution in [0.25, 0.3) is 0 Å². The van der Waals surface area contributed by atoms with Crippen LogP contribution >= 0.6 is 0 Å². The van der Waals surface area contributed by atoms with Gasteiger partial charge in [-0.1, -0.05) is 0 Å². The molecule has 0 aliphatic rings. The van der Waals surface area contributed by atoms with Gasteiger partial charge in [0, 0.05) is 0 Å². The van der Waals surface area contributed by atoms with Crippen LogP contribution < -0.4 is 0 Å². The summed E-state index contributed by atoms with van der Waals surface area (Å²) >= 11 is 0. The molecule has 0 rings (SSSR count). The van der Waals surface area contributed by atoms with E-state index in [0.717, 1.165) is 0 Å². The highest BCUT2D eigenvalue weighted by molar-refractivity contribution is 5.29. The van der Waals surface area contributed by atoms with Crippen molar-refractivity contribution in [3.05, 3.63) is 0 Å². The first kappa shape index (κ1) is 8.96. The molecule has 0 atom stereocenters. The van der Waals surface area contributed by atoms with Crippen LogP contribution in [0.1, 0.15) is 0 Å². The molecule has 3 nitrogen and oxygen atoms in total. The summed E-state index contributed by atoms with van der Waals surface area (Å²) in [5, 5.41) is 11.2. The third-order valence-electron chi connectivity index (χ3n) is 0. The second kappa shape index (κ2) is 5130. The van der Waals surface area contributed by atoms with Crippen LogP contribution in [0.3, 0.4) is 0 Å². The van der Waals surface area contributed by atoms with Gasteiger partial charge in [-0.2, -0.15) is 0 Å². The minimum atomic E-state index is 1.25. The first-order valence-corrected chi connectivity index (χ1v) is 0.789. The molecule has 0 radical (unpaired) electrons. The molecule has 2 N–H and O–H groups in total. The fourth-order valence-electron chi connectivity index (χ4n) is 0. The predicted octanol–water partition coefficient (Wildman–Crippen LogP) is 0.133. The largest absolute Gasteiger partial charge is 0.307 e. The van der Waals surface area contributed by atoms with Gasteiger partial charge in [-0.3, -0.25) is 0 Å². The van der Waals surface area contributed by atoms with Gasteiger partial charge in [0.2, 0.25) is 0 Å². The van der Waals surface area contributed by atoms with E-state index in [2.05, 4.69) is 0 Å². The number of rotatable bonds is 0. The van der Waals surface area contributed by atoms with Crippen molar-refractivity contribution in [2.24, 2.45) is 0 Å². The molecule has 0 aromatic heterocycles. The monoisotopic (exact) mass is 72.0 g/mol. The van der Waals surface area contributed by atoms with Gasteiger partial charge < -0.3 is 4.79 Å². The Bertz CT molecular complexity index is 36.9. The third-order valence-corrected chi connectivity index (χ3v) is 0. The maximum atomic E-state index is 8.00. The van der Waals surface area contributed by atoms with E-state index in [-0.39, 0.29) is 0 Å². The van der Waals surface area contributed by atoms with E-state index in [0.29, 0.717) is 0 Å². The van der Waals surface area contributed by atoms with Crippen molar-refractivity contribution < 1.29 is 4.79 Å². The zero-order chi connectivity index (χ0) is 4.71. The molecular formula is C2H4N2O. The molecule has 0 amide bonds. The molecule has 0 spiro atoms. The quantitative estimate of drug-likeness (QED) is 0.392. The summed E-state index contributed by atoms with van der Waals surface area (Å²) in [6.07, 6.45) is 0. The molecule has 3 heteroatoms. The van der Waals surface area contributed by atoms with Crippen molar-refractivity contribution in [1.82, 2.24) is 0 Å². The van der Waals surface area contributed by atoms with Gasteiger partial charge in [-0.05, 0) is 0 Å². The number of hydrogen-bond acceptors (Lipinski definition) is 3. The average Bonchev–Trinajstić information content (AvgIpc) is 1.46. The summed E-state index contributed by atoms with van der Waals surface area (Å²) in [5.74, 6) is 0. The zero-order valence-corrected chi connectivity index (χ0v) is 2.62. The topological polar surface area (TPSA) is 64.8 Å². The minimum Gasteiger partial charge on any atom is -0.307 e. The second-order valence-electron chi connectivity index (χ2n) is 0.125. The fourth-order valence-corrected chi connectivity index (χ4v) is 0. The van der Waals surface area contributed by atoms with Crippen LogP contribution in [0.4, 0.5) is 0 Å². The smallest absolute Gasteiger partial charge is 0.106 e. The van der Waals surface area contributed by atoms with Crippen LogP contribution in [-0.2, 0) is 4.79 Å². The van der Waals surface area contributed by atoms with E-state index in [1.165, 1.54) is 6.01 Å². The lowest BCUT2D eigenvalue weighted by molar-refractivity contribution is -0.0979. The lowest BCUT2D eigenvalue weighted by atomic mass is 11.6. The Kier molecular flexibility index (Phi) is 9190. The second-order valence-corrected chi connectivity index (χ2v) is 0.125. The Balaban J connectivity index is 0. The molecule has 0 aromatic carbocycles. The summed E-state index contributed by atoms with van der Waals surface area (Å²) in [6.45, 7) is 2.00. The van der Waals surface area contributed by atoms with Crippen LogP contribution in [-0.4, -0.2) is 12.8 Å². The SMILES string of the molecule is C=O.N=C=N. The van der Waals surface area contributed by atoms with Gasteiger partial charge in [-0.25, -0.2) is 10.8 Å². The molecule has 0 saturated heterocycles. The number of nitrogens with one attached hydrogen (secondary N) is 2. The first-order chi connectivity index (χ1) is 2.41. The maximum Gasteiger partial charge on any atom is 0.106 e. The average molecular weight is 72.1 g/mol. The van der Waals surface area contributed by atoms with Crippen LogP contribution in [0.2, 0.25) is 0 Å². The normalized spacial score (nSPS) is 2.40. The predicted molar refractivity (Wildman–Crippen MR) is 17.6 cm³/mol. The van der Waals surface area contributed by atoms with Crippen molar-refractivity contribution in [2.75, 3.05) is 0 Å². The summed E-state index contributed by atoms with van der Waals surface area (Å²) < 4.78 is 0. The van der Waals surface area contributed by atoms with Crippen LogP contribution in [0.5, 0.6) is 0 Å². The van der Waals surface area contributed by atoms with Gasteiger partial charge in [0.05, 0.1) is 6.01 Å². The van der Waals surface area contributed by atoms with Crippen LogP contribution in [0, 0.1) is 10.8 Å². The molecule has 0 fully saturated rings. The van der Waals surface area contributed by atoms with E-state index in [4.69, 9.17) is 15.6 Å². The maximum absolute atomic E-state index is 8.00. The molecule has 0 aromatic rings. The summed E-state index contributed by atoms with van der Waals surface area (Å²) in [5.41, 5.74) is 0. The molecule has 0 heterocycles. The molecule has 0 saturated carbocycles. The van der Waals surface area contributed by atoms with Crippen molar-refractivity contribution in [1.29, 1.82) is 10.8 Å². The molecular weight excluding hydrogens is 68.0 g/mol. The molecule has 0 aliphatic carbocycles. The lowest BCUT2D eigenvalue weighted by Gasteiger charge is -1.09. The van der Waals surface area contributed by atoms with E-state index < -0.39 is 0 Å². The Labute approximate surface area is 29.6 Å². The Morgan fingerprint density at radius 3 is 1.40 bits per heavy atom. The fraction of sp³-hybridized carbons (Fsp3) is 0. The van der Waals surface area contributed by atoms with E-state index in [9.17, 15) is 0 Å². The van der Waals surface area contributed by atoms with Crippen LogP contribution in [0.15, 0.2) is 0 Å². The standard InChI is InChI=1S/CH2N2.CH2O/c2-1-3;1-2/h2-3H;1H2. The number of carbonyl (C=O) groups excluding carboxylic acids is 1. The molecule has 5 heavy (non-hydrogen) atoms.